The monoisotopic (exact) mass is 266 g/mol. The number of fused-ring (bicyclic) bond motifs is 1. The number of aromatic nitrogens is 2. The Kier molecular flexibility index (Phi) is 3.04. The molecule has 102 valence electrons. The molecule has 0 saturated carbocycles. The van der Waals surface area contributed by atoms with Gasteiger partial charge >= 0.3 is 0 Å². The minimum atomic E-state index is -2.68. The molecule has 4 nitrogen and oxygen atoms in total. The fourth-order valence-corrected chi connectivity index (χ4v) is 2.21. The van der Waals surface area contributed by atoms with E-state index in [-0.39, 0.29) is 17.3 Å². The maximum Gasteiger partial charge on any atom is 0.280 e. The second-order valence-electron chi connectivity index (χ2n) is 5.46. The van der Waals surface area contributed by atoms with Crippen molar-refractivity contribution in [3.63, 3.8) is 0 Å². The molecule has 0 fully saturated rings. The number of nitrogen functional groups attached to an aromatic ring is 2. The van der Waals surface area contributed by atoms with Crippen molar-refractivity contribution in [3.8, 4) is 0 Å². The summed E-state index contributed by atoms with van der Waals surface area (Å²) in [5, 5.41) is 1.13. The van der Waals surface area contributed by atoms with Crippen molar-refractivity contribution in [2.24, 2.45) is 0 Å². The van der Waals surface area contributed by atoms with Crippen LogP contribution in [0.2, 0.25) is 0 Å². The fraction of sp³-hybridized carbons (Fsp3) is 0.385. The molecule has 0 aliphatic heterocycles. The lowest BCUT2D eigenvalue weighted by molar-refractivity contribution is 0.144. The molecule has 2 aromatic rings. The molecule has 0 unspecified atom stereocenters. The predicted molar refractivity (Wildman–Crippen MR) is 72.0 cm³/mol. The Balaban J connectivity index is 2.95. The highest BCUT2D eigenvalue weighted by molar-refractivity contribution is 5.95. The summed E-state index contributed by atoms with van der Waals surface area (Å²) in [5.74, 6) is 0.332. The molecule has 4 N–H and O–H groups in total. The first-order valence-corrected chi connectivity index (χ1v) is 5.85. The van der Waals surface area contributed by atoms with E-state index < -0.39 is 11.8 Å². The minimum Gasteiger partial charge on any atom is -0.384 e. The Hall–Kier alpha value is -1.98. The second kappa shape index (κ2) is 4.29. The van der Waals surface area contributed by atoms with Gasteiger partial charge in [-0.2, -0.15) is 0 Å². The maximum absolute atomic E-state index is 13.2. The molecular weight excluding hydrogens is 250 g/mol. The summed E-state index contributed by atoms with van der Waals surface area (Å²) < 4.78 is 26.4. The Labute approximate surface area is 109 Å². The topological polar surface area (TPSA) is 77.8 Å². The predicted octanol–water partition coefficient (Wildman–Crippen LogP) is 3.03. The third-order valence-electron chi connectivity index (χ3n) is 2.92. The normalized spacial score (nSPS) is 12.3. The molecule has 0 radical (unpaired) electrons. The Morgan fingerprint density at radius 2 is 1.79 bits per heavy atom. The van der Waals surface area contributed by atoms with Gasteiger partial charge in [0.2, 0.25) is 0 Å². The average molecular weight is 266 g/mol. The Morgan fingerprint density at radius 3 is 2.32 bits per heavy atom. The number of pyridine rings is 2. The van der Waals surface area contributed by atoms with Gasteiger partial charge in [-0.1, -0.05) is 20.8 Å². The van der Waals surface area contributed by atoms with Crippen LogP contribution in [0.4, 0.5) is 20.4 Å². The number of nitrogens with two attached hydrogens (primary N) is 2. The Bertz CT molecular complexity index is 633. The van der Waals surface area contributed by atoms with Crippen LogP contribution in [0.5, 0.6) is 0 Å². The average Bonchev–Trinajstić information content (AvgIpc) is 2.27. The highest BCUT2D eigenvalue weighted by Crippen LogP contribution is 2.38. The second-order valence-corrected chi connectivity index (χ2v) is 5.46. The first kappa shape index (κ1) is 13.5. The molecule has 0 aliphatic rings. The zero-order chi connectivity index (χ0) is 14.4. The van der Waals surface area contributed by atoms with Crippen LogP contribution in [0.15, 0.2) is 12.3 Å². The number of anilines is 2. The summed E-state index contributed by atoms with van der Waals surface area (Å²) in [6.45, 7) is 5.55. The van der Waals surface area contributed by atoms with Crippen LogP contribution < -0.4 is 11.5 Å². The third-order valence-corrected chi connectivity index (χ3v) is 2.92. The highest BCUT2D eigenvalue weighted by Gasteiger charge is 2.28. The number of hydrogen-bond acceptors (Lipinski definition) is 4. The number of alkyl halides is 2. The lowest BCUT2D eigenvalue weighted by atomic mass is 9.83. The van der Waals surface area contributed by atoms with Gasteiger partial charge in [0.1, 0.15) is 17.3 Å². The van der Waals surface area contributed by atoms with Crippen molar-refractivity contribution in [1.82, 2.24) is 9.97 Å². The molecule has 0 aliphatic carbocycles. The van der Waals surface area contributed by atoms with E-state index in [0.29, 0.717) is 16.3 Å². The molecule has 2 rings (SSSR count). The lowest BCUT2D eigenvalue weighted by Gasteiger charge is -2.24. The molecule has 2 heterocycles. The van der Waals surface area contributed by atoms with Gasteiger partial charge in [-0.15, -0.1) is 0 Å². The number of halogens is 2. The van der Waals surface area contributed by atoms with E-state index in [9.17, 15) is 8.78 Å². The molecule has 0 atom stereocenters. The molecule has 0 spiro atoms. The van der Waals surface area contributed by atoms with Crippen molar-refractivity contribution in [2.75, 3.05) is 11.5 Å². The van der Waals surface area contributed by atoms with E-state index in [0.717, 1.165) is 0 Å². The molecule has 0 amide bonds. The highest BCUT2D eigenvalue weighted by atomic mass is 19.3. The SMILES string of the molecule is CC(C)(C)c1c(C(F)F)nc(N)c2cc(N)ncc12. The smallest absolute Gasteiger partial charge is 0.280 e. The fourth-order valence-electron chi connectivity index (χ4n) is 2.21. The van der Waals surface area contributed by atoms with Crippen LogP contribution in [-0.2, 0) is 5.41 Å². The zero-order valence-corrected chi connectivity index (χ0v) is 11.0. The molecule has 0 saturated heterocycles. The summed E-state index contributed by atoms with van der Waals surface area (Å²) in [5.41, 5.74) is 11.0. The van der Waals surface area contributed by atoms with Gasteiger partial charge in [0.15, 0.2) is 0 Å². The molecule has 0 bridgehead atoms. The summed E-state index contributed by atoms with van der Waals surface area (Å²) in [7, 11) is 0. The molecule has 0 aromatic carbocycles. The van der Waals surface area contributed by atoms with E-state index in [1.54, 1.807) is 6.07 Å². The molecular formula is C13H16F2N4. The van der Waals surface area contributed by atoms with Gasteiger partial charge in [-0.05, 0) is 17.0 Å². The summed E-state index contributed by atoms with van der Waals surface area (Å²) in [6.07, 6.45) is -1.20. The molecule has 19 heavy (non-hydrogen) atoms. The maximum atomic E-state index is 13.2. The number of hydrogen-bond donors (Lipinski definition) is 2. The van der Waals surface area contributed by atoms with E-state index in [4.69, 9.17) is 11.5 Å². The van der Waals surface area contributed by atoms with E-state index in [1.807, 2.05) is 20.8 Å². The van der Waals surface area contributed by atoms with Crippen molar-refractivity contribution in [2.45, 2.75) is 32.6 Å². The van der Waals surface area contributed by atoms with Crippen molar-refractivity contribution in [1.29, 1.82) is 0 Å². The quantitative estimate of drug-likeness (QED) is 0.831. The van der Waals surface area contributed by atoms with Crippen molar-refractivity contribution < 1.29 is 8.78 Å². The van der Waals surface area contributed by atoms with Crippen LogP contribution in [0.25, 0.3) is 10.8 Å². The third kappa shape index (κ3) is 2.30. The zero-order valence-electron chi connectivity index (χ0n) is 11.0. The first-order chi connectivity index (χ1) is 8.71. The lowest BCUT2D eigenvalue weighted by Crippen LogP contribution is -2.18. The van der Waals surface area contributed by atoms with Crippen LogP contribution in [0.1, 0.15) is 38.5 Å². The first-order valence-electron chi connectivity index (χ1n) is 5.85. The van der Waals surface area contributed by atoms with Gasteiger partial charge in [-0.3, -0.25) is 0 Å². The summed E-state index contributed by atoms with van der Waals surface area (Å²) in [4.78, 5) is 7.83. The standard InChI is InChI=1S/C13H16F2N4/c1-13(2,3)9-7-5-18-8(16)4-6(7)12(17)19-10(9)11(14)15/h4-5,11H,1-3H3,(H2,16,18)(H2,17,19). The number of nitrogens with zero attached hydrogens (tertiary/aromatic N) is 2. The summed E-state index contributed by atoms with van der Waals surface area (Å²) in [6, 6.07) is 1.56. The molecule has 6 heteroatoms. The van der Waals surface area contributed by atoms with Gasteiger partial charge in [-0.25, -0.2) is 18.7 Å². The van der Waals surface area contributed by atoms with E-state index >= 15 is 0 Å². The van der Waals surface area contributed by atoms with Crippen LogP contribution in [0.3, 0.4) is 0 Å². The van der Waals surface area contributed by atoms with E-state index in [2.05, 4.69) is 9.97 Å². The number of rotatable bonds is 1. The van der Waals surface area contributed by atoms with Crippen LogP contribution in [-0.4, -0.2) is 9.97 Å². The summed E-state index contributed by atoms with van der Waals surface area (Å²) >= 11 is 0. The van der Waals surface area contributed by atoms with Gasteiger partial charge in [0.25, 0.3) is 6.43 Å². The van der Waals surface area contributed by atoms with Gasteiger partial charge in [0, 0.05) is 17.0 Å². The van der Waals surface area contributed by atoms with Crippen molar-refractivity contribution >= 4 is 22.4 Å². The largest absolute Gasteiger partial charge is 0.384 e. The Morgan fingerprint density at radius 1 is 1.16 bits per heavy atom. The molecule has 2 aromatic heterocycles. The minimum absolute atomic E-state index is 0.0485. The van der Waals surface area contributed by atoms with E-state index in [1.165, 1.54) is 6.20 Å². The van der Waals surface area contributed by atoms with Crippen LogP contribution >= 0.6 is 0 Å². The van der Waals surface area contributed by atoms with Crippen molar-refractivity contribution in [3.05, 3.63) is 23.5 Å². The van der Waals surface area contributed by atoms with Gasteiger partial charge in [0.05, 0.1) is 0 Å². The van der Waals surface area contributed by atoms with Crippen LogP contribution in [0, 0.1) is 0 Å². The van der Waals surface area contributed by atoms with Gasteiger partial charge < -0.3 is 11.5 Å².